The molecule has 0 aromatic heterocycles. The Labute approximate surface area is 78.9 Å². The van der Waals surface area contributed by atoms with E-state index in [9.17, 15) is 4.79 Å². The highest BCUT2D eigenvalue weighted by atomic mass is 16.2. The summed E-state index contributed by atoms with van der Waals surface area (Å²) in [7, 11) is 1.77. The van der Waals surface area contributed by atoms with Crippen molar-refractivity contribution in [2.45, 2.75) is 13.3 Å². The van der Waals surface area contributed by atoms with Gasteiger partial charge in [-0.2, -0.15) is 0 Å². The van der Waals surface area contributed by atoms with Crippen molar-refractivity contribution in [2.75, 3.05) is 13.6 Å². The summed E-state index contributed by atoms with van der Waals surface area (Å²) in [4.78, 5) is 12.9. The fourth-order valence-corrected chi connectivity index (χ4v) is 1.19. The van der Waals surface area contributed by atoms with Gasteiger partial charge in [-0.1, -0.05) is 24.1 Å². The number of amides is 1. The van der Waals surface area contributed by atoms with Crippen molar-refractivity contribution >= 4 is 5.91 Å². The minimum atomic E-state index is -0.115. The van der Waals surface area contributed by atoms with Crippen molar-refractivity contribution < 1.29 is 4.79 Å². The molecule has 13 heavy (non-hydrogen) atoms. The van der Waals surface area contributed by atoms with Crippen LogP contribution in [0.15, 0.2) is 23.8 Å². The van der Waals surface area contributed by atoms with E-state index in [1.165, 1.54) is 5.57 Å². The summed E-state index contributed by atoms with van der Waals surface area (Å²) in [5.41, 5.74) is 1.26. The third-order valence-electron chi connectivity index (χ3n) is 1.87. The van der Waals surface area contributed by atoms with Gasteiger partial charge in [0.05, 0.1) is 0 Å². The predicted octanol–water partition coefficient (Wildman–Crippen LogP) is 1.35. The summed E-state index contributed by atoms with van der Waals surface area (Å²) in [6.07, 6.45) is 7.10. The zero-order valence-corrected chi connectivity index (χ0v) is 8.00. The van der Waals surface area contributed by atoms with Crippen molar-refractivity contribution in [3.05, 3.63) is 23.8 Å². The van der Waals surface area contributed by atoms with Gasteiger partial charge in [-0.05, 0) is 24.8 Å². The van der Waals surface area contributed by atoms with Gasteiger partial charge in [0.2, 0.25) is 0 Å². The van der Waals surface area contributed by atoms with E-state index in [0.717, 1.165) is 6.42 Å². The molecule has 0 aliphatic heterocycles. The number of nitrogens with zero attached hydrogens (tertiary/aromatic N) is 1. The number of carbonyl (C=O) groups is 1. The number of hydrogen-bond donors (Lipinski definition) is 0. The second-order valence-electron chi connectivity index (χ2n) is 2.99. The predicted molar refractivity (Wildman–Crippen MR) is 52.9 cm³/mol. The second kappa shape index (κ2) is 4.51. The van der Waals surface area contributed by atoms with E-state index in [1.807, 2.05) is 12.2 Å². The molecule has 0 saturated heterocycles. The Morgan fingerprint density at radius 3 is 3.00 bits per heavy atom. The van der Waals surface area contributed by atoms with Crippen molar-refractivity contribution in [3.63, 3.8) is 0 Å². The van der Waals surface area contributed by atoms with Gasteiger partial charge in [-0.25, -0.2) is 0 Å². The van der Waals surface area contributed by atoms with E-state index in [2.05, 4.69) is 17.9 Å². The first-order valence-electron chi connectivity index (χ1n) is 4.26. The third-order valence-corrected chi connectivity index (χ3v) is 1.87. The van der Waals surface area contributed by atoms with Gasteiger partial charge in [-0.15, -0.1) is 0 Å². The van der Waals surface area contributed by atoms with Crippen LogP contribution in [0.1, 0.15) is 13.3 Å². The molecule has 0 aromatic carbocycles. The fraction of sp³-hybridized carbons (Fsp3) is 0.364. The van der Waals surface area contributed by atoms with Crippen molar-refractivity contribution in [3.8, 4) is 11.8 Å². The first-order chi connectivity index (χ1) is 6.24. The van der Waals surface area contributed by atoms with Gasteiger partial charge in [0.25, 0.3) is 5.91 Å². The van der Waals surface area contributed by atoms with Crippen LogP contribution in [0.3, 0.4) is 0 Å². The third kappa shape index (κ3) is 2.79. The van der Waals surface area contributed by atoms with Crippen molar-refractivity contribution in [1.29, 1.82) is 0 Å². The van der Waals surface area contributed by atoms with Crippen molar-refractivity contribution in [2.24, 2.45) is 0 Å². The van der Waals surface area contributed by atoms with Gasteiger partial charge < -0.3 is 4.90 Å². The summed E-state index contributed by atoms with van der Waals surface area (Å²) < 4.78 is 0. The largest absolute Gasteiger partial charge is 0.331 e. The summed E-state index contributed by atoms with van der Waals surface area (Å²) in [6.45, 7) is 2.35. The Bertz CT molecular complexity index is 315. The Kier molecular flexibility index (Phi) is 3.33. The molecular formula is C11H13NO. The smallest absolute Gasteiger partial charge is 0.298 e. The standard InChI is InChI=1S/C11H13NO/c1-3-6-11(13)12(2)9-10-7-4-5-8-10/h4-5,7H,8-9H2,1-2H3. The van der Waals surface area contributed by atoms with Gasteiger partial charge in [-0.3, -0.25) is 4.79 Å². The molecule has 2 nitrogen and oxygen atoms in total. The number of carbonyl (C=O) groups excluding carboxylic acids is 1. The Balaban J connectivity index is 2.44. The fourth-order valence-electron chi connectivity index (χ4n) is 1.19. The number of likely N-dealkylation sites (N-methyl/N-ethyl adjacent to an activating group) is 1. The topological polar surface area (TPSA) is 20.3 Å². The molecule has 0 unspecified atom stereocenters. The summed E-state index contributed by atoms with van der Waals surface area (Å²) >= 11 is 0. The highest BCUT2D eigenvalue weighted by Gasteiger charge is 2.07. The van der Waals surface area contributed by atoms with Crippen molar-refractivity contribution in [1.82, 2.24) is 4.90 Å². The van der Waals surface area contributed by atoms with E-state index in [0.29, 0.717) is 6.54 Å². The lowest BCUT2D eigenvalue weighted by Gasteiger charge is -2.14. The molecule has 0 spiro atoms. The zero-order valence-electron chi connectivity index (χ0n) is 8.00. The minimum absolute atomic E-state index is 0.115. The normalized spacial score (nSPS) is 13.2. The van der Waals surface area contributed by atoms with Crippen LogP contribution >= 0.6 is 0 Å². The molecule has 0 saturated carbocycles. The van der Waals surface area contributed by atoms with E-state index in [4.69, 9.17) is 0 Å². The molecule has 0 heterocycles. The molecular weight excluding hydrogens is 162 g/mol. The maximum atomic E-state index is 11.2. The van der Waals surface area contributed by atoms with Gasteiger partial charge in [0, 0.05) is 13.6 Å². The van der Waals surface area contributed by atoms with Crippen LogP contribution in [0, 0.1) is 11.8 Å². The van der Waals surface area contributed by atoms with Crippen LogP contribution in [-0.2, 0) is 4.79 Å². The van der Waals surface area contributed by atoms with E-state index < -0.39 is 0 Å². The molecule has 0 radical (unpaired) electrons. The monoisotopic (exact) mass is 175 g/mol. The highest BCUT2D eigenvalue weighted by molar-refractivity contribution is 5.93. The first-order valence-corrected chi connectivity index (χ1v) is 4.26. The molecule has 0 fully saturated rings. The molecule has 2 heteroatoms. The Morgan fingerprint density at radius 1 is 1.69 bits per heavy atom. The summed E-state index contributed by atoms with van der Waals surface area (Å²) in [5.74, 6) is 4.99. The molecule has 1 aliphatic carbocycles. The average molecular weight is 175 g/mol. The zero-order chi connectivity index (χ0) is 9.68. The number of rotatable bonds is 2. The van der Waals surface area contributed by atoms with Gasteiger partial charge in [0.1, 0.15) is 0 Å². The second-order valence-corrected chi connectivity index (χ2v) is 2.99. The van der Waals surface area contributed by atoms with E-state index in [1.54, 1.807) is 18.9 Å². The first kappa shape index (κ1) is 9.60. The molecule has 0 atom stereocenters. The van der Waals surface area contributed by atoms with E-state index in [-0.39, 0.29) is 5.91 Å². The molecule has 0 bridgehead atoms. The van der Waals surface area contributed by atoms with Gasteiger partial charge >= 0.3 is 0 Å². The van der Waals surface area contributed by atoms with Crippen LogP contribution in [0.4, 0.5) is 0 Å². The lowest BCUT2D eigenvalue weighted by molar-refractivity contribution is -0.123. The molecule has 1 rings (SSSR count). The molecule has 1 amide bonds. The Hall–Kier alpha value is -1.49. The minimum Gasteiger partial charge on any atom is -0.331 e. The number of hydrogen-bond acceptors (Lipinski definition) is 1. The Morgan fingerprint density at radius 2 is 2.46 bits per heavy atom. The lowest BCUT2D eigenvalue weighted by Crippen LogP contribution is -2.27. The summed E-state index contributed by atoms with van der Waals surface area (Å²) in [5, 5.41) is 0. The van der Waals surface area contributed by atoms with E-state index >= 15 is 0 Å². The SMILES string of the molecule is CC#CC(=O)N(C)CC1=CC=CC1. The molecule has 0 aromatic rings. The van der Waals surface area contributed by atoms with Crippen LogP contribution in [0.2, 0.25) is 0 Å². The maximum Gasteiger partial charge on any atom is 0.298 e. The van der Waals surface area contributed by atoms with Crippen LogP contribution in [0.25, 0.3) is 0 Å². The van der Waals surface area contributed by atoms with Crippen LogP contribution in [0.5, 0.6) is 0 Å². The van der Waals surface area contributed by atoms with Gasteiger partial charge in [0.15, 0.2) is 0 Å². The molecule has 0 N–H and O–H groups in total. The lowest BCUT2D eigenvalue weighted by atomic mass is 10.2. The highest BCUT2D eigenvalue weighted by Crippen LogP contribution is 2.10. The van der Waals surface area contributed by atoms with Crippen LogP contribution < -0.4 is 0 Å². The quantitative estimate of drug-likeness (QED) is 0.580. The maximum absolute atomic E-state index is 11.2. The number of allylic oxidation sites excluding steroid dienone is 3. The average Bonchev–Trinajstić information content (AvgIpc) is 2.57. The molecule has 1 aliphatic rings. The summed E-state index contributed by atoms with van der Waals surface area (Å²) in [6, 6.07) is 0. The molecule has 68 valence electrons. The van der Waals surface area contributed by atoms with Crippen LogP contribution in [-0.4, -0.2) is 24.4 Å².